The molecule has 3 aromatic rings. The number of aryl methyl sites for hydroxylation is 1. The van der Waals surface area contributed by atoms with Crippen molar-refractivity contribution in [2.75, 3.05) is 23.3 Å². The average Bonchev–Trinajstić information content (AvgIpc) is 3.30. The molecular formula is C28H31F3N4O2. The summed E-state index contributed by atoms with van der Waals surface area (Å²) in [6.07, 6.45) is -3.01. The topological polar surface area (TPSA) is 74.3 Å². The predicted octanol–water partition coefficient (Wildman–Crippen LogP) is 5.57. The number of carbonyl (C=O) groups excluding carboxylic acids is 2. The van der Waals surface area contributed by atoms with Gasteiger partial charge in [0, 0.05) is 42.0 Å². The summed E-state index contributed by atoms with van der Waals surface area (Å²) < 4.78 is 38.1. The van der Waals surface area contributed by atoms with Gasteiger partial charge >= 0.3 is 6.18 Å². The maximum Gasteiger partial charge on any atom is 0.416 e. The van der Waals surface area contributed by atoms with E-state index in [0.717, 1.165) is 41.8 Å². The summed E-state index contributed by atoms with van der Waals surface area (Å²) in [6.45, 7) is 7.20. The van der Waals surface area contributed by atoms with Crippen LogP contribution < -0.4 is 15.5 Å². The summed E-state index contributed by atoms with van der Waals surface area (Å²) in [6, 6.07) is 14.3. The zero-order chi connectivity index (χ0) is 26.8. The lowest BCUT2D eigenvalue weighted by molar-refractivity contribution is -0.137. The zero-order valence-corrected chi connectivity index (χ0v) is 21.2. The average molecular weight is 513 g/mol. The summed E-state index contributed by atoms with van der Waals surface area (Å²) in [5, 5.41) is 6.84. The summed E-state index contributed by atoms with van der Waals surface area (Å²) in [4.78, 5) is 31.6. The number of halogens is 3. The third-order valence-corrected chi connectivity index (χ3v) is 6.41. The van der Waals surface area contributed by atoms with Gasteiger partial charge in [-0.25, -0.2) is 4.98 Å². The van der Waals surface area contributed by atoms with E-state index in [1.165, 1.54) is 12.1 Å². The molecule has 2 heterocycles. The maximum absolute atomic E-state index is 12.7. The first-order valence-corrected chi connectivity index (χ1v) is 12.3. The molecule has 2 amide bonds. The second kappa shape index (κ2) is 10.4. The van der Waals surface area contributed by atoms with Crippen LogP contribution in [-0.2, 0) is 22.2 Å². The molecule has 0 bridgehead atoms. The molecule has 0 saturated carbocycles. The van der Waals surface area contributed by atoms with Crippen LogP contribution in [-0.4, -0.2) is 35.9 Å². The van der Waals surface area contributed by atoms with Gasteiger partial charge in [-0.15, -0.1) is 0 Å². The van der Waals surface area contributed by atoms with E-state index >= 15 is 0 Å². The SMILES string of the molecule is CC(C)(C)C(=O)NC1CCN(c2ccc3cc(NC(=O)CCc4ccc(C(F)(F)F)cc4)ccc3n2)C1. The molecule has 1 aliphatic rings. The molecule has 0 spiro atoms. The Hall–Kier alpha value is -3.62. The fraction of sp³-hybridized carbons (Fsp3) is 0.393. The molecule has 1 aromatic heterocycles. The van der Waals surface area contributed by atoms with Gasteiger partial charge in [0.25, 0.3) is 0 Å². The van der Waals surface area contributed by atoms with Crippen molar-refractivity contribution in [2.24, 2.45) is 5.41 Å². The van der Waals surface area contributed by atoms with Crippen LogP contribution in [0.15, 0.2) is 54.6 Å². The number of benzene rings is 2. The predicted molar refractivity (Wildman–Crippen MR) is 138 cm³/mol. The van der Waals surface area contributed by atoms with Crippen LogP contribution in [0.3, 0.4) is 0 Å². The highest BCUT2D eigenvalue weighted by Crippen LogP contribution is 2.29. The number of aromatic nitrogens is 1. The molecule has 1 saturated heterocycles. The van der Waals surface area contributed by atoms with Crippen LogP contribution in [0.5, 0.6) is 0 Å². The van der Waals surface area contributed by atoms with Crippen LogP contribution in [0.2, 0.25) is 0 Å². The van der Waals surface area contributed by atoms with Crippen molar-refractivity contribution < 1.29 is 22.8 Å². The Morgan fingerprint density at radius 1 is 1.03 bits per heavy atom. The van der Waals surface area contributed by atoms with Gasteiger partial charge in [-0.3, -0.25) is 9.59 Å². The molecule has 4 rings (SSSR count). The van der Waals surface area contributed by atoms with E-state index in [1.807, 2.05) is 45.0 Å². The Balaban J connectivity index is 1.33. The first-order chi connectivity index (χ1) is 17.4. The van der Waals surface area contributed by atoms with E-state index in [0.29, 0.717) is 24.2 Å². The summed E-state index contributed by atoms with van der Waals surface area (Å²) >= 11 is 0. The molecule has 0 radical (unpaired) electrons. The number of rotatable bonds is 6. The van der Waals surface area contributed by atoms with E-state index < -0.39 is 17.2 Å². The number of alkyl halides is 3. The van der Waals surface area contributed by atoms with Gasteiger partial charge in [0.1, 0.15) is 5.82 Å². The smallest absolute Gasteiger partial charge is 0.354 e. The van der Waals surface area contributed by atoms with E-state index in [-0.39, 0.29) is 24.3 Å². The van der Waals surface area contributed by atoms with Gasteiger partial charge in [-0.05, 0) is 60.9 Å². The van der Waals surface area contributed by atoms with E-state index in [4.69, 9.17) is 4.98 Å². The minimum absolute atomic E-state index is 0.0414. The molecular weight excluding hydrogens is 481 g/mol. The third-order valence-electron chi connectivity index (χ3n) is 6.41. The van der Waals surface area contributed by atoms with E-state index in [2.05, 4.69) is 15.5 Å². The monoisotopic (exact) mass is 512 g/mol. The van der Waals surface area contributed by atoms with Gasteiger partial charge in [0.05, 0.1) is 11.1 Å². The van der Waals surface area contributed by atoms with Gasteiger partial charge in [0.2, 0.25) is 11.8 Å². The molecule has 1 atom stereocenters. The lowest BCUT2D eigenvalue weighted by Crippen LogP contribution is -2.43. The van der Waals surface area contributed by atoms with Gasteiger partial charge < -0.3 is 15.5 Å². The molecule has 6 nitrogen and oxygen atoms in total. The van der Waals surface area contributed by atoms with E-state index in [1.54, 1.807) is 6.07 Å². The van der Waals surface area contributed by atoms with Crippen molar-refractivity contribution in [1.29, 1.82) is 0 Å². The molecule has 2 N–H and O–H groups in total. The Labute approximate surface area is 214 Å². The standard InChI is InChI=1S/C28H31F3N4O2/c1-27(2,3)26(37)33-22-14-15-35(17-22)24-12-7-19-16-21(10-11-23(19)34-24)32-25(36)13-6-18-4-8-20(9-5-18)28(29,30)31/h4-5,7-12,16,22H,6,13-15,17H2,1-3H3,(H,32,36)(H,33,37). The minimum atomic E-state index is -4.37. The minimum Gasteiger partial charge on any atom is -0.354 e. The van der Waals surface area contributed by atoms with Crippen molar-refractivity contribution in [2.45, 2.75) is 52.3 Å². The van der Waals surface area contributed by atoms with Gasteiger partial charge in [-0.2, -0.15) is 13.2 Å². The van der Waals surface area contributed by atoms with Crippen molar-refractivity contribution in [1.82, 2.24) is 10.3 Å². The first kappa shape index (κ1) is 26.4. The maximum atomic E-state index is 12.7. The molecule has 1 fully saturated rings. The third kappa shape index (κ3) is 6.78. The summed E-state index contributed by atoms with van der Waals surface area (Å²) in [7, 11) is 0. The number of nitrogens with zero attached hydrogens (tertiary/aromatic N) is 2. The highest BCUT2D eigenvalue weighted by atomic mass is 19.4. The lowest BCUT2D eigenvalue weighted by Gasteiger charge is -2.22. The number of pyridine rings is 1. The van der Waals surface area contributed by atoms with Crippen molar-refractivity contribution in [3.05, 3.63) is 65.7 Å². The zero-order valence-electron chi connectivity index (χ0n) is 21.2. The number of amides is 2. The molecule has 2 aromatic carbocycles. The van der Waals surface area contributed by atoms with Gasteiger partial charge in [-0.1, -0.05) is 32.9 Å². The number of fused-ring (bicyclic) bond motifs is 1. The summed E-state index contributed by atoms with van der Waals surface area (Å²) in [5.41, 5.74) is 0.961. The molecule has 1 aliphatic heterocycles. The quantitative estimate of drug-likeness (QED) is 0.453. The second-order valence-corrected chi connectivity index (χ2v) is 10.5. The van der Waals surface area contributed by atoms with E-state index in [9.17, 15) is 22.8 Å². The number of nitrogens with one attached hydrogen (secondary N) is 2. The fourth-order valence-corrected chi connectivity index (χ4v) is 4.20. The van der Waals surface area contributed by atoms with Crippen LogP contribution in [0, 0.1) is 5.41 Å². The Morgan fingerprint density at radius 2 is 1.76 bits per heavy atom. The van der Waals surface area contributed by atoms with Crippen molar-refractivity contribution in [3.63, 3.8) is 0 Å². The van der Waals surface area contributed by atoms with Crippen molar-refractivity contribution >= 4 is 34.2 Å². The number of hydrogen-bond donors (Lipinski definition) is 2. The molecule has 1 unspecified atom stereocenters. The van der Waals surface area contributed by atoms with Crippen LogP contribution >= 0.6 is 0 Å². The molecule has 9 heteroatoms. The Kier molecular flexibility index (Phi) is 7.43. The summed E-state index contributed by atoms with van der Waals surface area (Å²) in [5.74, 6) is 0.664. The van der Waals surface area contributed by atoms with Crippen LogP contribution in [0.25, 0.3) is 10.9 Å². The Bertz CT molecular complexity index is 1280. The highest BCUT2D eigenvalue weighted by molar-refractivity contribution is 5.94. The van der Waals surface area contributed by atoms with Crippen LogP contribution in [0.1, 0.15) is 44.7 Å². The van der Waals surface area contributed by atoms with Gasteiger partial charge in [0.15, 0.2) is 0 Å². The fourth-order valence-electron chi connectivity index (χ4n) is 4.20. The normalized spacial score (nSPS) is 16.2. The number of carbonyl (C=O) groups is 2. The second-order valence-electron chi connectivity index (χ2n) is 10.5. The number of anilines is 2. The first-order valence-electron chi connectivity index (χ1n) is 12.3. The highest BCUT2D eigenvalue weighted by Gasteiger charge is 2.30. The Morgan fingerprint density at radius 3 is 2.43 bits per heavy atom. The molecule has 0 aliphatic carbocycles. The van der Waals surface area contributed by atoms with Crippen molar-refractivity contribution in [3.8, 4) is 0 Å². The number of hydrogen-bond acceptors (Lipinski definition) is 4. The molecule has 196 valence electrons. The largest absolute Gasteiger partial charge is 0.416 e. The lowest BCUT2D eigenvalue weighted by atomic mass is 9.95. The molecule has 37 heavy (non-hydrogen) atoms. The van der Waals surface area contributed by atoms with Crippen LogP contribution in [0.4, 0.5) is 24.7 Å².